The molecule has 0 radical (unpaired) electrons. The van der Waals surface area contributed by atoms with Gasteiger partial charge in [-0.05, 0) is 0 Å². The van der Waals surface area contributed by atoms with E-state index in [1.54, 1.807) is 3.59 Å². The summed E-state index contributed by atoms with van der Waals surface area (Å²) in [6.07, 6.45) is 11.2. The van der Waals surface area contributed by atoms with Crippen molar-refractivity contribution >= 4 is 18.4 Å². The molecule has 0 rings (SSSR count). The predicted octanol–water partition coefficient (Wildman–Crippen LogP) is 6.26. The molecule has 1 N–H and O–H groups in total. The second kappa shape index (κ2) is 12.8. The Morgan fingerprint density at radius 2 is 1.33 bits per heavy atom. The molecule has 0 spiro atoms. The minimum absolute atomic E-state index is 0.192. The normalized spacial score (nSPS) is 12.7. The fraction of sp³-hybridized carbons (Fsp3) is 0.789. The van der Waals surface area contributed by atoms with Gasteiger partial charge in [0, 0.05) is 0 Å². The molecule has 0 fully saturated rings. The van der Waals surface area contributed by atoms with Crippen LogP contribution in [0.4, 0.5) is 0 Å². The van der Waals surface area contributed by atoms with E-state index >= 15 is 0 Å². The van der Waals surface area contributed by atoms with Gasteiger partial charge >= 0.3 is 138 Å². The first-order chi connectivity index (χ1) is 10.1. The van der Waals surface area contributed by atoms with Crippen molar-refractivity contribution in [2.75, 3.05) is 6.61 Å². The number of rotatable bonds is 13. The monoisotopic (exact) mass is 402 g/mol. The molecule has 0 aromatic carbocycles. The van der Waals surface area contributed by atoms with Crippen molar-refractivity contribution in [2.45, 2.75) is 86.0 Å². The third-order valence-corrected chi connectivity index (χ3v) is 20.8. The number of hydrogen-bond donors (Lipinski definition) is 1. The zero-order chi connectivity index (χ0) is 16.1. The molecule has 0 aliphatic carbocycles. The summed E-state index contributed by atoms with van der Waals surface area (Å²) >= 11 is -2.38. The van der Waals surface area contributed by atoms with Gasteiger partial charge in [0.15, 0.2) is 0 Å². The fourth-order valence-corrected chi connectivity index (χ4v) is 20.8. The third-order valence-electron chi connectivity index (χ3n) is 4.70. The van der Waals surface area contributed by atoms with E-state index in [-0.39, 0.29) is 6.61 Å². The van der Waals surface area contributed by atoms with Gasteiger partial charge in [0.25, 0.3) is 0 Å². The molecule has 0 aliphatic heterocycles. The summed E-state index contributed by atoms with van der Waals surface area (Å²) in [4.78, 5) is 0. The van der Waals surface area contributed by atoms with Crippen molar-refractivity contribution in [3.05, 3.63) is 21.8 Å². The standard InChI is InChI=1S/C7H11O.3C4H9.Sn/c1-3-7(2)5-4-6-8;3*1-3-4-2;/h4,8H,2-3,6H2,1H3;3*1,3-4H2,2H3;. The molecule has 0 bridgehead atoms. The minimum atomic E-state index is -2.38. The first-order valence-electron chi connectivity index (χ1n) is 9.11. The summed E-state index contributed by atoms with van der Waals surface area (Å²) in [5, 5.41) is 9.54. The Labute approximate surface area is 137 Å². The predicted molar refractivity (Wildman–Crippen MR) is 99.5 cm³/mol. The van der Waals surface area contributed by atoms with Gasteiger partial charge in [-0.15, -0.1) is 0 Å². The van der Waals surface area contributed by atoms with Crippen LogP contribution in [0.5, 0.6) is 0 Å². The van der Waals surface area contributed by atoms with Crippen LogP contribution in [0.25, 0.3) is 0 Å². The number of hydrogen-bond acceptors (Lipinski definition) is 1. The molecule has 124 valence electrons. The topological polar surface area (TPSA) is 20.2 Å². The van der Waals surface area contributed by atoms with E-state index < -0.39 is 18.4 Å². The van der Waals surface area contributed by atoms with Gasteiger partial charge in [0.1, 0.15) is 0 Å². The summed E-state index contributed by atoms with van der Waals surface area (Å²) < 4.78 is 5.94. The molecule has 0 saturated heterocycles. The first kappa shape index (κ1) is 21.2. The Balaban J connectivity index is 5.51. The van der Waals surface area contributed by atoms with Gasteiger partial charge in [-0.1, -0.05) is 0 Å². The van der Waals surface area contributed by atoms with Crippen molar-refractivity contribution in [2.24, 2.45) is 0 Å². The average Bonchev–Trinajstić information content (AvgIpc) is 2.52. The quantitative estimate of drug-likeness (QED) is 0.285. The Morgan fingerprint density at radius 3 is 1.62 bits per heavy atom. The molecule has 0 unspecified atom stereocenters. The zero-order valence-corrected chi connectivity index (χ0v) is 17.9. The summed E-state index contributed by atoms with van der Waals surface area (Å²) in [7, 11) is 0. The molecular weight excluding hydrogens is 363 g/mol. The SMILES string of the molecule is C=C(CC)/[C](=C\CO)[Sn]([CH2]CCC)([CH2]CCC)[CH2]CCC. The van der Waals surface area contributed by atoms with Gasteiger partial charge in [-0.25, -0.2) is 0 Å². The fourth-order valence-electron chi connectivity index (χ4n) is 3.34. The number of aliphatic hydroxyl groups excluding tert-OH is 1. The van der Waals surface area contributed by atoms with E-state index in [9.17, 15) is 5.11 Å². The molecule has 1 nitrogen and oxygen atoms in total. The van der Waals surface area contributed by atoms with Gasteiger partial charge in [0.05, 0.1) is 0 Å². The molecular formula is C19H38OSn. The molecule has 0 aromatic heterocycles. The second-order valence-corrected chi connectivity index (χ2v) is 19.5. The molecule has 21 heavy (non-hydrogen) atoms. The Kier molecular flexibility index (Phi) is 12.9. The summed E-state index contributed by atoms with van der Waals surface area (Å²) in [5.41, 5.74) is 1.32. The van der Waals surface area contributed by atoms with E-state index in [1.807, 2.05) is 0 Å². The van der Waals surface area contributed by atoms with E-state index in [0.717, 1.165) is 6.42 Å². The average molecular weight is 401 g/mol. The molecule has 0 heterocycles. The summed E-state index contributed by atoms with van der Waals surface area (Å²) in [5.74, 6) is 0. The number of allylic oxidation sites excluding steroid dienone is 2. The van der Waals surface area contributed by atoms with Crippen LogP contribution in [0.3, 0.4) is 0 Å². The van der Waals surface area contributed by atoms with Crippen LogP contribution in [-0.2, 0) is 0 Å². The van der Waals surface area contributed by atoms with Crippen molar-refractivity contribution < 1.29 is 5.11 Å². The van der Waals surface area contributed by atoms with Crippen molar-refractivity contribution in [3.63, 3.8) is 0 Å². The van der Waals surface area contributed by atoms with E-state index in [2.05, 4.69) is 40.3 Å². The Morgan fingerprint density at radius 1 is 0.905 bits per heavy atom. The molecule has 0 amide bonds. The van der Waals surface area contributed by atoms with Crippen LogP contribution in [-0.4, -0.2) is 30.1 Å². The van der Waals surface area contributed by atoms with Crippen LogP contribution in [0.1, 0.15) is 72.6 Å². The van der Waals surface area contributed by atoms with Crippen LogP contribution >= 0.6 is 0 Å². The second-order valence-electron chi connectivity index (χ2n) is 6.35. The molecule has 0 aromatic rings. The van der Waals surface area contributed by atoms with Crippen molar-refractivity contribution in [1.82, 2.24) is 0 Å². The van der Waals surface area contributed by atoms with Crippen molar-refractivity contribution in [3.8, 4) is 0 Å². The summed E-state index contributed by atoms with van der Waals surface area (Å²) in [6, 6.07) is 0. The van der Waals surface area contributed by atoms with Gasteiger partial charge in [0.2, 0.25) is 0 Å². The van der Waals surface area contributed by atoms with Gasteiger partial charge < -0.3 is 0 Å². The number of aliphatic hydroxyl groups is 1. The maximum atomic E-state index is 9.54. The Hall–Kier alpha value is 0.239. The van der Waals surface area contributed by atoms with Crippen LogP contribution in [0.2, 0.25) is 13.3 Å². The molecule has 0 atom stereocenters. The van der Waals surface area contributed by atoms with Gasteiger partial charge in [-0.2, -0.15) is 0 Å². The summed E-state index contributed by atoms with van der Waals surface area (Å²) in [6.45, 7) is 13.7. The van der Waals surface area contributed by atoms with E-state index in [4.69, 9.17) is 0 Å². The van der Waals surface area contributed by atoms with E-state index in [0.29, 0.717) is 0 Å². The molecule has 2 heteroatoms. The van der Waals surface area contributed by atoms with Crippen molar-refractivity contribution in [1.29, 1.82) is 0 Å². The van der Waals surface area contributed by atoms with Crippen LogP contribution < -0.4 is 0 Å². The van der Waals surface area contributed by atoms with Crippen LogP contribution in [0, 0.1) is 0 Å². The van der Waals surface area contributed by atoms with Crippen LogP contribution in [0.15, 0.2) is 21.8 Å². The molecule has 0 aliphatic rings. The first-order valence-corrected chi connectivity index (χ1v) is 16.6. The van der Waals surface area contributed by atoms with Gasteiger partial charge in [-0.3, -0.25) is 0 Å². The number of unbranched alkanes of at least 4 members (excludes halogenated alkanes) is 3. The maximum absolute atomic E-state index is 9.54. The third kappa shape index (κ3) is 7.36. The van der Waals surface area contributed by atoms with E-state index in [1.165, 1.54) is 57.4 Å². The molecule has 0 saturated carbocycles. The Bertz CT molecular complexity index is 285. The zero-order valence-electron chi connectivity index (χ0n) is 15.0.